The molecule has 1 amide bonds. The number of fused-ring (bicyclic) bond motifs is 2. The van der Waals surface area contributed by atoms with Gasteiger partial charge in [0.2, 0.25) is 20.0 Å². The molecule has 0 fully saturated rings. The van der Waals surface area contributed by atoms with Crippen LogP contribution >= 0.6 is 0 Å². The molecule has 2 aromatic carbocycles. The minimum atomic E-state index is -0.164. The summed E-state index contributed by atoms with van der Waals surface area (Å²) in [7, 11) is 0. The van der Waals surface area contributed by atoms with Crippen LogP contribution in [-0.2, 0) is 11.2 Å². The summed E-state index contributed by atoms with van der Waals surface area (Å²) in [5.41, 5.74) is 2.00. The molecular formula is C17H15NO5. The average molecular weight is 313 g/mol. The average Bonchev–Trinajstić information content (AvgIpc) is 3.22. The van der Waals surface area contributed by atoms with E-state index >= 15 is 0 Å². The molecule has 2 aliphatic rings. The quantitative estimate of drug-likeness (QED) is 0.857. The van der Waals surface area contributed by atoms with Crippen molar-refractivity contribution in [2.45, 2.75) is 12.5 Å². The smallest absolute Gasteiger partial charge is 0.231 e. The minimum absolute atomic E-state index is 0.164. The first-order valence-corrected chi connectivity index (χ1v) is 7.31. The summed E-state index contributed by atoms with van der Waals surface area (Å²) < 4.78 is 21.4. The number of amides is 1. The van der Waals surface area contributed by atoms with E-state index in [9.17, 15) is 4.79 Å². The summed E-state index contributed by atoms with van der Waals surface area (Å²) in [4.78, 5) is 11.0. The molecule has 1 unspecified atom stereocenters. The van der Waals surface area contributed by atoms with E-state index in [2.05, 4.69) is 5.32 Å². The van der Waals surface area contributed by atoms with E-state index in [0.29, 0.717) is 18.6 Å². The Morgan fingerprint density at radius 3 is 2.30 bits per heavy atom. The predicted octanol–water partition coefficient (Wildman–Crippen LogP) is 2.17. The van der Waals surface area contributed by atoms with Crippen LogP contribution in [0.5, 0.6) is 23.0 Å². The summed E-state index contributed by atoms with van der Waals surface area (Å²) in [5, 5.41) is 2.86. The Kier molecular flexibility index (Phi) is 3.42. The summed E-state index contributed by atoms with van der Waals surface area (Å²) in [6, 6.07) is 11.3. The Hall–Kier alpha value is -2.89. The first kappa shape index (κ1) is 13.8. The molecule has 4 rings (SSSR count). The van der Waals surface area contributed by atoms with Gasteiger partial charge < -0.3 is 24.3 Å². The summed E-state index contributed by atoms with van der Waals surface area (Å²) in [6.07, 6.45) is 1.34. The van der Waals surface area contributed by atoms with Crippen molar-refractivity contribution in [1.82, 2.24) is 5.32 Å². The highest BCUT2D eigenvalue weighted by atomic mass is 16.7. The molecule has 0 spiro atoms. The Morgan fingerprint density at radius 2 is 1.57 bits per heavy atom. The lowest BCUT2D eigenvalue weighted by Crippen LogP contribution is -2.21. The molecule has 0 bridgehead atoms. The zero-order valence-corrected chi connectivity index (χ0v) is 12.3. The van der Waals surface area contributed by atoms with Gasteiger partial charge in [-0.3, -0.25) is 4.79 Å². The van der Waals surface area contributed by atoms with Crippen molar-refractivity contribution in [1.29, 1.82) is 0 Å². The van der Waals surface area contributed by atoms with Crippen LogP contribution in [0.15, 0.2) is 36.4 Å². The number of rotatable bonds is 5. The molecule has 0 saturated carbocycles. The molecule has 118 valence electrons. The summed E-state index contributed by atoms with van der Waals surface area (Å²) in [6.45, 7) is 0.476. The van der Waals surface area contributed by atoms with Crippen LogP contribution in [0.4, 0.5) is 0 Å². The third kappa shape index (κ3) is 2.63. The van der Waals surface area contributed by atoms with E-state index in [1.165, 1.54) is 0 Å². The normalized spacial score (nSPS) is 15.3. The van der Waals surface area contributed by atoms with E-state index in [1.807, 2.05) is 36.4 Å². The van der Waals surface area contributed by atoms with Crippen molar-refractivity contribution in [3.05, 3.63) is 47.5 Å². The first-order valence-electron chi connectivity index (χ1n) is 7.31. The monoisotopic (exact) mass is 313 g/mol. The number of nitrogens with one attached hydrogen (secondary N) is 1. The Bertz CT molecular complexity index is 746. The topological polar surface area (TPSA) is 66.0 Å². The van der Waals surface area contributed by atoms with Gasteiger partial charge in [-0.25, -0.2) is 0 Å². The van der Waals surface area contributed by atoms with Gasteiger partial charge in [0.05, 0.1) is 6.04 Å². The maximum Gasteiger partial charge on any atom is 0.231 e. The number of carbonyl (C=O) groups excluding carboxylic acids is 1. The number of hydrogen-bond donors (Lipinski definition) is 1. The third-order valence-electron chi connectivity index (χ3n) is 3.95. The molecule has 1 atom stereocenters. The van der Waals surface area contributed by atoms with E-state index in [0.717, 1.165) is 28.4 Å². The van der Waals surface area contributed by atoms with E-state index in [4.69, 9.17) is 18.9 Å². The lowest BCUT2D eigenvalue weighted by molar-refractivity contribution is -0.110. The van der Waals surface area contributed by atoms with Crippen molar-refractivity contribution < 1.29 is 23.7 Å². The molecule has 1 N–H and O–H groups in total. The maximum absolute atomic E-state index is 11.0. The zero-order chi connectivity index (χ0) is 15.6. The van der Waals surface area contributed by atoms with Gasteiger partial charge in [0.1, 0.15) is 0 Å². The van der Waals surface area contributed by atoms with E-state index in [-0.39, 0.29) is 19.6 Å². The molecule has 2 heterocycles. The molecule has 2 aliphatic heterocycles. The van der Waals surface area contributed by atoms with Crippen molar-refractivity contribution in [2.75, 3.05) is 13.6 Å². The molecule has 6 heteroatoms. The van der Waals surface area contributed by atoms with Gasteiger partial charge in [0, 0.05) is 0 Å². The zero-order valence-electron chi connectivity index (χ0n) is 12.3. The van der Waals surface area contributed by atoms with Crippen LogP contribution in [-0.4, -0.2) is 20.0 Å². The summed E-state index contributed by atoms with van der Waals surface area (Å²) >= 11 is 0. The van der Waals surface area contributed by atoms with Crippen molar-refractivity contribution in [3.63, 3.8) is 0 Å². The fourth-order valence-corrected chi connectivity index (χ4v) is 2.79. The number of hydrogen-bond acceptors (Lipinski definition) is 5. The number of benzene rings is 2. The highest BCUT2D eigenvalue weighted by Gasteiger charge is 2.19. The van der Waals surface area contributed by atoms with Crippen LogP contribution < -0.4 is 24.3 Å². The predicted molar refractivity (Wildman–Crippen MR) is 80.8 cm³/mol. The van der Waals surface area contributed by atoms with E-state index in [1.54, 1.807) is 0 Å². The van der Waals surface area contributed by atoms with Gasteiger partial charge in [0.15, 0.2) is 23.0 Å². The standard InChI is InChI=1S/C17H15NO5/c19-8-18-13(12-2-4-15-17(7-12)23-10-21-15)5-11-1-3-14-16(6-11)22-9-20-14/h1-4,6-8,13H,5,9-10H2,(H,18,19). The third-order valence-corrected chi connectivity index (χ3v) is 3.95. The Labute approximate surface area is 132 Å². The molecule has 0 saturated heterocycles. The van der Waals surface area contributed by atoms with Crippen LogP contribution in [0.25, 0.3) is 0 Å². The van der Waals surface area contributed by atoms with Crippen molar-refractivity contribution >= 4 is 6.41 Å². The van der Waals surface area contributed by atoms with E-state index < -0.39 is 0 Å². The van der Waals surface area contributed by atoms with Gasteiger partial charge in [-0.05, 0) is 41.8 Å². The van der Waals surface area contributed by atoms with Gasteiger partial charge in [0.25, 0.3) is 0 Å². The maximum atomic E-state index is 11.0. The summed E-state index contributed by atoms with van der Waals surface area (Å²) in [5.74, 6) is 2.90. The van der Waals surface area contributed by atoms with Crippen LogP contribution in [0.3, 0.4) is 0 Å². The van der Waals surface area contributed by atoms with Gasteiger partial charge >= 0.3 is 0 Å². The SMILES string of the molecule is O=CNC(Cc1ccc2c(c1)OCO2)c1ccc2c(c1)OCO2. The molecule has 2 aromatic rings. The second-order valence-electron chi connectivity index (χ2n) is 5.34. The molecule has 0 aromatic heterocycles. The van der Waals surface area contributed by atoms with Gasteiger partial charge in [-0.1, -0.05) is 12.1 Å². The second kappa shape index (κ2) is 5.72. The highest BCUT2D eigenvalue weighted by Crippen LogP contribution is 2.36. The first-order chi connectivity index (χ1) is 11.3. The molecular weight excluding hydrogens is 298 g/mol. The Morgan fingerprint density at radius 1 is 0.913 bits per heavy atom. The molecule has 0 radical (unpaired) electrons. The largest absolute Gasteiger partial charge is 0.454 e. The fraction of sp³-hybridized carbons (Fsp3) is 0.235. The van der Waals surface area contributed by atoms with Gasteiger partial charge in [-0.15, -0.1) is 0 Å². The van der Waals surface area contributed by atoms with Crippen LogP contribution in [0, 0.1) is 0 Å². The second-order valence-corrected chi connectivity index (χ2v) is 5.34. The molecule has 23 heavy (non-hydrogen) atoms. The molecule has 0 aliphatic carbocycles. The fourth-order valence-electron chi connectivity index (χ4n) is 2.79. The molecule has 6 nitrogen and oxygen atoms in total. The Balaban J connectivity index is 1.59. The lowest BCUT2D eigenvalue weighted by Gasteiger charge is -2.17. The van der Waals surface area contributed by atoms with Crippen molar-refractivity contribution in [3.8, 4) is 23.0 Å². The lowest BCUT2D eigenvalue weighted by atomic mass is 9.98. The van der Waals surface area contributed by atoms with Crippen LogP contribution in [0.2, 0.25) is 0 Å². The number of carbonyl (C=O) groups is 1. The minimum Gasteiger partial charge on any atom is -0.454 e. The van der Waals surface area contributed by atoms with Crippen LogP contribution in [0.1, 0.15) is 17.2 Å². The highest BCUT2D eigenvalue weighted by molar-refractivity contribution is 5.51. The van der Waals surface area contributed by atoms with Gasteiger partial charge in [-0.2, -0.15) is 0 Å². The van der Waals surface area contributed by atoms with Crippen molar-refractivity contribution in [2.24, 2.45) is 0 Å². The number of ether oxygens (including phenoxy) is 4.